The van der Waals surface area contributed by atoms with Gasteiger partial charge in [0.2, 0.25) is 16.0 Å². The Morgan fingerprint density at radius 1 is 1.16 bits per heavy atom. The molecule has 4 rings (SSSR count). The third-order valence-electron chi connectivity index (χ3n) is 4.41. The number of thiazole rings is 1. The van der Waals surface area contributed by atoms with Crippen LogP contribution in [0.5, 0.6) is 0 Å². The summed E-state index contributed by atoms with van der Waals surface area (Å²) < 4.78 is 30.1. The molecule has 0 radical (unpaired) electrons. The molecule has 0 saturated carbocycles. The average molecular weight is 461 g/mol. The van der Waals surface area contributed by atoms with E-state index in [9.17, 15) is 13.2 Å². The Morgan fingerprint density at radius 2 is 1.87 bits per heavy atom. The van der Waals surface area contributed by atoms with Crippen LogP contribution in [0.15, 0.2) is 36.5 Å². The Bertz CT molecular complexity index is 1230. The first-order valence-electron chi connectivity index (χ1n) is 9.31. The van der Waals surface area contributed by atoms with Crippen LogP contribution in [-0.2, 0) is 14.8 Å². The number of benzene rings is 1. The van der Waals surface area contributed by atoms with E-state index >= 15 is 0 Å². The second-order valence-electron chi connectivity index (χ2n) is 7.05. The van der Waals surface area contributed by atoms with E-state index in [1.165, 1.54) is 11.3 Å². The molecule has 1 aliphatic rings. The zero-order chi connectivity index (χ0) is 22.2. The summed E-state index contributed by atoms with van der Waals surface area (Å²) in [6.07, 6.45) is 2.33. The van der Waals surface area contributed by atoms with Crippen molar-refractivity contribution in [2.75, 3.05) is 27.8 Å². The zero-order valence-electron chi connectivity index (χ0n) is 17.0. The molecule has 3 aromatic rings. The third-order valence-corrected chi connectivity index (χ3v) is 6.20. The molecule has 2 aromatic heterocycles. The van der Waals surface area contributed by atoms with Crippen molar-refractivity contribution in [2.45, 2.75) is 19.9 Å². The lowest BCUT2D eigenvalue weighted by molar-refractivity contribution is 0.179. The molecule has 1 aliphatic heterocycles. The van der Waals surface area contributed by atoms with E-state index in [1.807, 2.05) is 13.8 Å². The Labute approximate surface area is 183 Å². The summed E-state index contributed by atoms with van der Waals surface area (Å²) >= 11 is 1.37. The first-order valence-corrected chi connectivity index (χ1v) is 12.0. The topological polar surface area (TPSA) is 126 Å². The van der Waals surface area contributed by atoms with Crippen LogP contribution in [0.3, 0.4) is 0 Å². The predicted molar refractivity (Wildman–Crippen MR) is 119 cm³/mol. The monoisotopic (exact) mass is 460 g/mol. The lowest BCUT2D eigenvalue weighted by atomic mass is 10.3. The number of anilines is 4. The van der Waals surface area contributed by atoms with Gasteiger partial charge in [-0.2, -0.15) is 0 Å². The second-order valence-corrected chi connectivity index (χ2v) is 9.77. The number of nitrogens with one attached hydrogen (secondary N) is 2. The van der Waals surface area contributed by atoms with E-state index in [2.05, 4.69) is 25.0 Å². The number of rotatable bonds is 6. The molecule has 2 N–H and O–H groups in total. The van der Waals surface area contributed by atoms with Gasteiger partial charge in [0, 0.05) is 17.6 Å². The molecule has 31 heavy (non-hydrogen) atoms. The molecule has 0 bridgehead atoms. The molecule has 3 heterocycles. The summed E-state index contributed by atoms with van der Waals surface area (Å²) in [6, 6.07) is 8.43. The van der Waals surface area contributed by atoms with Crippen molar-refractivity contribution in [3.05, 3.63) is 42.2 Å². The minimum absolute atomic E-state index is 0.0753. The highest BCUT2D eigenvalue weighted by molar-refractivity contribution is 7.92. The summed E-state index contributed by atoms with van der Waals surface area (Å²) in [5.74, 6) is 0.379. The van der Waals surface area contributed by atoms with Crippen molar-refractivity contribution in [3.8, 4) is 10.6 Å². The molecule has 12 heteroatoms. The van der Waals surface area contributed by atoms with E-state index in [0.29, 0.717) is 34.8 Å². The molecule has 0 aliphatic carbocycles. The molecule has 1 amide bonds. The fourth-order valence-corrected chi connectivity index (χ4v) is 4.71. The molecular weight excluding hydrogens is 440 g/mol. The minimum atomic E-state index is -3.33. The number of carbonyl (C=O) groups is 1. The van der Waals surface area contributed by atoms with Crippen LogP contribution >= 0.6 is 11.3 Å². The fourth-order valence-electron chi connectivity index (χ4n) is 3.02. The molecule has 1 unspecified atom stereocenters. The highest BCUT2D eigenvalue weighted by atomic mass is 32.2. The van der Waals surface area contributed by atoms with Crippen molar-refractivity contribution in [1.82, 2.24) is 15.0 Å². The standard InChI is InChI=1S/C19H20N6O4S2/c1-11-10-29-19(26)25(11)18-21-12(2)16(30-18)15-8-9-20-17(23-15)22-13-4-6-14(7-5-13)24-31(3,27)28/h4-9,11,24H,10H2,1-3H3,(H,20,22,23). The first kappa shape index (κ1) is 21.0. The molecule has 1 atom stereocenters. The van der Waals surface area contributed by atoms with Crippen molar-refractivity contribution < 1.29 is 17.9 Å². The molecule has 1 aromatic carbocycles. The van der Waals surface area contributed by atoms with Gasteiger partial charge in [0.05, 0.1) is 28.6 Å². The minimum Gasteiger partial charge on any atom is -0.447 e. The van der Waals surface area contributed by atoms with Gasteiger partial charge in [-0.1, -0.05) is 11.3 Å². The highest BCUT2D eigenvalue weighted by Gasteiger charge is 2.33. The van der Waals surface area contributed by atoms with Gasteiger partial charge in [0.25, 0.3) is 0 Å². The molecule has 10 nitrogen and oxygen atoms in total. The Kier molecular flexibility index (Phi) is 5.50. The van der Waals surface area contributed by atoms with Crippen LogP contribution in [0.2, 0.25) is 0 Å². The Morgan fingerprint density at radius 3 is 2.52 bits per heavy atom. The molecule has 1 fully saturated rings. The predicted octanol–water partition coefficient (Wildman–Crippen LogP) is 3.37. The highest BCUT2D eigenvalue weighted by Crippen LogP contribution is 2.36. The quantitative estimate of drug-likeness (QED) is 0.573. The van der Waals surface area contributed by atoms with Gasteiger partial charge in [-0.3, -0.25) is 4.72 Å². The summed E-state index contributed by atoms with van der Waals surface area (Å²) in [6.45, 7) is 4.11. The Balaban J connectivity index is 1.55. The molecular formula is C19H20N6O4S2. The van der Waals surface area contributed by atoms with Crippen molar-refractivity contribution in [2.24, 2.45) is 0 Å². The van der Waals surface area contributed by atoms with Crippen LogP contribution < -0.4 is 14.9 Å². The van der Waals surface area contributed by atoms with Crippen LogP contribution in [0, 0.1) is 6.92 Å². The van der Waals surface area contributed by atoms with Gasteiger partial charge in [-0.25, -0.2) is 33.1 Å². The van der Waals surface area contributed by atoms with Gasteiger partial charge in [0.1, 0.15) is 6.61 Å². The van der Waals surface area contributed by atoms with Gasteiger partial charge in [0.15, 0.2) is 5.13 Å². The van der Waals surface area contributed by atoms with Gasteiger partial charge >= 0.3 is 6.09 Å². The first-order chi connectivity index (χ1) is 14.7. The van der Waals surface area contributed by atoms with Gasteiger partial charge in [-0.15, -0.1) is 0 Å². The zero-order valence-corrected chi connectivity index (χ0v) is 18.6. The normalized spacial score (nSPS) is 16.3. The number of aryl methyl sites for hydroxylation is 1. The largest absolute Gasteiger partial charge is 0.447 e. The number of aromatic nitrogens is 3. The van der Waals surface area contributed by atoms with Gasteiger partial charge in [-0.05, 0) is 44.2 Å². The molecule has 1 saturated heterocycles. The maximum atomic E-state index is 12.0. The number of cyclic esters (lactones) is 1. The molecule has 0 spiro atoms. The SMILES string of the molecule is Cc1nc(N2C(=O)OCC2C)sc1-c1ccnc(Nc2ccc(NS(C)(=O)=O)cc2)n1. The van der Waals surface area contributed by atoms with E-state index in [0.717, 1.165) is 16.8 Å². The van der Waals surface area contributed by atoms with Crippen molar-refractivity contribution in [1.29, 1.82) is 0 Å². The summed E-state index contributed by atoms with van der Waals surface area (Å²) in [7, 11) is -3.33. The van der Waals surface area contributed by atoms with Crippen LogP contribution in [-0.4, -0.2) is 48.4 Å². The van der Waals surface area contributed by atoms with Gasteiger partial charge < -0.3 is 10.1 Å². The van der Waals surface area contributed by atoms with Crippen LogP contribution in [0.4, 0.5) is 27.2 Å². The fraction of sp³-hybridized carbons (Fsp3) is 0.263. The third kappa shape index (κ3) is 4.75. The number of hydrogen-bond donors (Lipinski definition) is 2. The number of nitrogens with zero attached hydrogens (tertiary/aromatic N) is 4. The van der Waals surface area contributed by atoms with E-state index in [1.54, 1.807) is 41.4 Å². The summed E-state index contributed by atoms with van der Waals surface area (Å²) in [5.41, 5.74) is 2.60. The number of ether oxygens (including phenoxy) is 1. The lowest BCUT2D eigenvalue weighted by Gasteiger charge is -2.13. The number of carbonyl (C=O) groups excluding carboxylic acids is 1. The average Bonchev–Trinajstić information content (AvgIpc) is 3.24. The second kappa shape index (κ2) is 8.12. The number of hydrogen-bond acceptors (Lipinski definition) is 9. The molecule has 162 valence electrons. The Hall–Kier alpha value is -3.25. The van der Waals surface area contributed by atoms with Crippen molar-refractivity contribution in [3.63, 3.8) is 0 Å². The maximum Gasteiger partial charge on any atom is 0.416 e. The summed E-state index contributed by atoms with van der Waals surface area (Å²) in [5, 5.41) is 3.67. The van der Waals surface area contributed by atoms with E-state index in [4.69, 9.17) is 4.74 Å². The maximum absolute atomic E-state index is 12.0. The van der Waals surface area contributed by atoms with E-state index in [-0.39, 0.29) is 6.04 Å². The van der Waals surface area contributed by atoms with Crippen LogP contribution in [0.25, 0.3) is 10.6 Å². The summed E-state index contributed by atoms with van der Waals surface area (Å²) in [4.78, 5) is 27.7. The smallest absolute Gasteiger partial charge is 0.416 e. The number of amides is 1. The lowest BCUT2D eigenvalue weighted by Crippen LogP contribution is -2.30. The number of sulfonamides is 1. The van der Waals surface area contributed by atoms with Crippen LogP contribution in [0.1, 0.15) is 12.6 Å². The van der Waals surface area contributed by atoms with Crippen molar-refractivity contribution >= 4 is 49.9 Å². The van der Waals surface area contributed by atoms with E-state index < -0.39 is 16.1 Å².